The van der Waals surface area contributed by atoms with Gasteiger partial charge in [0.2, 0.25) is 12.0 Å². The number of rotatable bonds is 9. The number of aliphatic hydroxyl groups is 6. The van der Waals surface area contributed by atoms with Gasteiger partial charge in [-0.25, -0.2) is 0 Å². The second-order valence-electron chi connectivity index (χ2n) is 11.9. The molecule has 6 rings (SSSR count). The van der Waals surface area contributed by atoms with Crippen molar-refractivity contribution in [1.29, 1.82) is 0 Å². The fourth-order valence-electron chi connectivity index (χ4n) is 8.21. The summed E-state index contributed by atoms with van der Waals surface area (Å²) in [6, 6.07) is 3.46. The molecule has 2 aromatic rings. The second-order valence-corrected chi connectivity index (χ2v) is 11.9. The molecule has 1 aliphatic heterocycles. The van der Waals surface area contributed by atoms with E-state index in [0.717, 1.165) is 0 Å². The molecule has 42 heavy (non-hydrogen) atoms. The number of carbonyl (C=O) groups is 1. The van der Waals surface area contributed by atoms with Crippen LogP contribution in [0.2, 0.25) is 0 Å². The summed E-state index contributed by atoms with van der Waals surface area (Å²) in [5.41, 5.74) is -4.99. The molecule has 3 fully saturated rings. The molecule has 12 nitrogen and oxygen atoms in total. The van der Waals surface area contributed by atoms with Crippen molar-refractivity contribution in [3.05, 3.63) is 36.1 Å². The molecular weight excluding hydrogens is 552 g/mol. The first-order valence-corrected chi connectivity index (χ1v) is 14.4. The van der Waals surface area contributed by atoms with Gasteiger partial charge in [-0.05, 0) is 49.8 Å². The molecule has 10 atom stereocenters. The number of fused-ring (bicyclic) bond motifs is 4. The minimum atomic E-state index is -2.36. The van der Waals surface area contributed by atoms with Crippen LogP contribution < -0.4 is 9.47 Å². The third-order valence-electron chi connectivity index (χ3n) is 10.1. The summed E-state index contributed by atoms with van der Waals surface area (Å²) in [6.45, 7) is 0.700. The Morgan fingerprint density at radius 2 is 1.93 bits per heavy atom. The predicted molar refractivity (Wildman–Crippen MR) is 144 cm³/mol. The monoisotopic (exact) mass is 590 g/mol. The van der Waals surface area contributed by atoms with Crippen LogP contribution in [-0.4, -0.2) is 99.3 Å². The number of ether oxygens (including phenoxy) is 4. The molecule has 1 aromatic heterocycles. The highest BCUT2D eigenvalue weighted by molar-refractivity contribution is 5.87. The summed E-state index contributed by atoms with van der Waals surface area (Å²) in [6.07, 6.45) is -0.423. The lowest BCUT2D eigenvalue weighted by atomic mass is 9.41. The highest BCUT2D eigenvalue weighted by Crippen LogP contribution is 2.66. The Labute approximate surface area is 242 Å². The van der Waals surface area contributed by atoms with Gasteiger partial charge in [-0.2, -0.15) is 0 Å². The van der Waals surface area contributed by atoms with Gasteiger partial charge in [0.15, 0.2) is 16.9 Å². The Morgan fingerprint density at radius 3 is 2.62 bits per heavy atom. The van der Waals surface area contributed by atoms with E-state index in [1.165, 1.54) is 13.4 Å². The van der Waals surface area contributed by atoms with Crippen molar-refractivity contribution in [3.8, 4) is 11.5 Å². The molecule has 12 heteroatoms. The van der Waals surface area contributed by atoms with Crippen LogP contribution in [0.25, 0.3) is 11.0 Å². The fourth-order valence-corrected chi connectivity index (χ4v) is 8.21. The smallest absolute Gasteiger partial charge is 0.306 e. The van der Waals surface area contributed by atoms with E-state index < -0.39 is 78.2 Å². The van der Waals surface area contributed by atoms with Crippen LogP contribution in [0, 0.1) is 23.2 Å². The van der Waals surface area contributed by atoms with Crippen LogP contribution in [0.4, 0.5) is 0 Å². The molecule has 2 heterocycles. The highest BCUT2D eigenvalue weighted by Gasteiger charge is 2.79. The SMILES string of the molecule is CCOC(=O)CCc1cc2ccoc2c(OC)c1O[C@@H]1O[C@H](CO)[C@]2(O)[C@H](O)[C@@]1(O)[C@H]1[C@@H]3CC[C@@H](O)[C@@]1(CO)C=C[C@@H]32. The number of aryl methyl sites for hydroxylation is 1. The van der Waals surface area contributed by atoms with Crippen LogP contribution in [0.1, 0.15) is 31.7 Å². The van der Waals surface area contributed by atoms with Crippen molar-refractivity contribution in [1.82, 2.24) is 0 Å². The Hall–Kier alpha value is -2.71. The van der Waals surface area contributed by atoms with E-state index in [2.05, 4.69) is 0 Å². The van der Waals surface area contributed by atoms with Crippen molar-refractivity contribution >= 4 is 16.9 Å². The van der Waals surface area contributed by atoms with Crippen molar-refractivity contribution in [3.63, 3.8) is 0 Å². The molecular formula is C30H38O12. The average molecular weight is 591 g/mol. The molecule has 0 spiro atoms. The van der Waals surface area contributed by atoms with Gasteiger partial charge >= 0.3 is 5.97 Å². The number of methoxy groups -OCH3 is 1. The van der Waals surface area contributed by atoms with E-state index in [4.69, 9.17) is 23.4 Å². The first-order chi connectivity index (χ1) is 20.1. The number of esters is 1. The van der Waals surface area contributed by atoms with Gasteiger partial charge in [0.25, 0.3) is 0 Å². The predicted octanol–water partition coefficient (Wildman–Crippen LogP) is 0.422. The maximum absolute atomic E-state index is 12.6. The van der Waals surface area contributed by atoms with Crippen molar-refractivity contribution in [2.45, 2.75) is 68.4 Å². The van der Waals surface area contributed by atoms with Crippen molar-refractivity contribution in [2.24, 2.45) is 23.2 Å². The standard InChI is InChI=1S/C30H38O12/c1-3-39-21(34)7-4-15-12-16-9-11-40-22(16)24(38-2)23(15)42-27-30(37)25-17-5-6-19(33)28(25,14-32)10-8-18(17)29(36,26(30)35)20(13-31)41-27/h8-12,17-20,25-27,31-33,35-37H,3-7,13-14H2,1-2H3/t17-,18+,19-,20-,25+,26+,27+,28+,29+,30+/m1/s1. The van der Waals surface area contributed by atoms with Gasteiger partial charge < -0.3 is 54.0 Å². The molecule has 3 aliphatic carbocycles. The van der Waals surface area contributed by atoms with Crippen LogP contribution in [-0.2, 0) is 20.7 Å². The van der Waals surface area contributed by atoms with E-state index in [1.807, 2.05) is 0 Å². The van der Waals surface area contributed by atoms with Gasteiger partial charge in [0, 0.05) is 29.1 Å². The summed E-state index contributed by atoms with van der Waals surface area (Å²) in [5, 5.41) is 69.1. The molecule has 2 saturated carbocycles. The maximum atomic E-state index is 12.6. The van der Waals surface area contributed by atoms with Crippen molar-refractivity contribution in [2.75, 3.05) is 26.9 Å². The van der Waals surface area contributed by atoms with Gasteiger partial charge in [-0.3, -0.25) is 4.79 Å². The molecule has 4 aliphatic rings. The van der Waals surface area contributed by atoms with E-state index in [-0.39, 0.29) is 30.9 Å². The summed E-state index contributed by atoms with van der Waals surface area (Å²) in [7, 11) is 1.40. The van der Waals surface area contributed by atoms with Crippen LogP contribution >= 0.6 is 0 Å². The quantitative estimate of drug-likeness (QED) is 0.175. The number of aliphatic hydroxyl groups excluding tert-OH is 4. The van der Waals surface area contributed by atoms with E-state index in [9.17, 15) is 35.4 Å². The van der Waals surface area contributed by atoms with Gasteiger partial charge in [0.1, 0.15) is 17.8 Å². The molecule has 0 unspecified atom stereocenters. The maximum Gasteiger partial charge on any atom is 0.306 e. The zero-order valence-corrected chi connectivity index (χ0v) is 23.5. The lowest BCUT2D eigenvalue weighted by molar-refractivity contribution is -0.414. The number of furan rings is 1. The molecule has 0 radical (unpaired) electrons. The number of hydrogen-bond acceptors (Lipinski definition) is 12. The third kappa shape index (κ3) is 3.83. The van der Waals surface area contributed by atoms with Gasteiger partial charge in [-0.15, -0.1) is 0 Å². The number of carbonyl (C=O) groups excluding carboxylic acids is 1. The van der Waals surface area contributed by atoms with Crippen LogP contribution in [0.15, 0.2) is 35.0 Å². The van der Waals surface area contributed by atoms with Gasteiger partial charge in [0.05, 0.1) is 39.3 Å². The summed E-state index contributed by atoms with van der Waals surface area (Å²) in [4.78, 5) is 12.2. The molecule has 6 bridgehead atoms. The Bertz CT molecular complexity index is 1370. The van der Waals surface area contributed by atoms with E-state index >= 15 is 0 Å². The molecule has 6 N–H and O–H groups in total. The first-order valence-electron chi connectivity index (χ1n) is 14.4. The summed E-state index contributed by atoms with van der Waals surface area (Å²) in [5.74, 6) is -2.41. The molecule has 0 amide bonds. The summed E-state index contributed by atoms with van der Waals surface area (Å²) >= 11 is 0. The Kier molecular flexibility index (Phi) is 7.32. The molecule has 1 aromatic carbocycles. The van der Waals surface area contributed by atoms with Gasteiger partial charge in [-0.1, -0.05) is 12.2 Å². The topological polar surface area (TPSA) is 189 Å². The molecule has 1 saturated heterocycles. The largest absolute Gasteiger partial charge is 0.490 e. The number of hydrogen-bond donors (Lipinski definition) is 6. The third-order valence-corrected chi connectivity index (χ3v) is 10.1. The van der Waals surface area contributed by atoms with Crippen molar-refractivity contribution < 1.29 is 58.8 Å². The number of benzene rings is 1. The van der Waals surface area contributed by atoms with E-state index in [0.29, 0.717) is 29.4 Å². The van der Waals surface area contributed by atoms with Crippen LogP contribution in [0.5, 0.6) is 11.5 Å². The van der Waals surface area contributed by atoms with E-state index in [1.54, 1.807) is 31.2 Å². The zero-order valence-electron chi connectivity index (χ0n) is 23.5. The summed E-state index contributed by atoms with van der Waals surface area (Å²) < 4.78 is 28.9. The average Bonchev–Trinajstić information content (AvgIpc) is 3.45. The first kappa shape index (κ1) is 29.4. The zero-order chi connectivity index (χ0) is 30.0. The normalized spacial score (nSPS) is 40.1. The Balaban J connectivity index is 1.49. The fraction of sp³-hybridized carbons (Fsp3) is 0.633. The lowest BCUT2D eigenvalue weighted by Gasteiger charge is -2.70. The lowest BCUT2D eigenvalue weighted by Crippen LogP contribution is -2.85. The minimum Gasteiger partial charge on any atom is -0.490 e. The second kappa shape index (κ2) is 10.5. The van der Waals surface area contributed by atoms with Crippen LogP contribution in [0.3, 0.4) is 0 Å². The minimum absolute atomic E-state index is 0.00509. The Morgan fingerprint density at radius 1 is 1.14 bits per heavy atom. The highest BCUT2D eigenvalue weighted by atomic mass is 16.7. The molecule has 230 valence electrons.